The van der Waals surface area contributed by atoms with Crippen LogP contribution in [0.4, 0.5) is 0 Å². The first-order valence-corrected chi connectivity index (χ1v) is 11.5. The fourth-order valence-corrected chi connectivity index (χ4v) is 3.25. The van der Waals surface area contributed by atoms with Crippen LogP contribution >= 0.6 is 0 Å². The van der Waals surface area contributed by atoms with Crippen molar-refractivity contribution < 1.29 is 19.4 Å². The molecule has 32 heavy (non-hydrogen) atoms. The van der Waals surface area contributed by atoms with Crippen molar-refractivity contribution in [2.24, 2.45) is 10.9 Å². The summed E-state index contributed by atoms with van der Waals surface area (Å²) in [6.07, 6.45) is 17.5. The van der Waals surface area contributed by atoms with Gasteiger partial charge in [-0.3, -0.25) is 9.79 Å². The monoisotopic (exact) mass is 441 g/mol. The van der Waals surface area contributed by atoms with Crippen molar-refractivity contribution >= 4 is 11.9 Å². The van der Waals surface area contributed by atoms with Gasteiger partial charge in [0.2, 0.25) is 5.90 Å². The maximum Gasteiger partial charge on any atom is 0.303 e. The molecule has 0 fully saturated rings. The van der Waals surface area contributed by atoms with E-state index in [1.54, 1.807) is 6.92 Å². The van der Waals surface area contributed by atoms with Gasteiger partial charge in [0.05, 0.1) is 12.4 Å². The van der Waals surface area contributed by atoms with Crippen LogP contribution in [0.5, 0.6) is 0 Å². The molecule has 1 aliphatic carbocycles. The Morgan fingerprint density at radius 2 is 2.12 bits per heavy atom. The molecule has 0 aromatic heterocycles. The van der Waals surface area contributed by atoms with E-state index in [0.29, 0.717) is 30.4 Å². The molecule has 0 aliphatic heterocycles. The summed E-state index contributed by atoms with van der Waals surface area (Å²) < 4.78 is 11.6. The van der Waals surface area contributed by atoms with E-state index in [4.69, 9.17) is 14.6 Å². The van der Waals surface area contributed by atoms with Gasteiger partial charge in [0.1, 0.15) is 5.76 Å². The first kappa shape index (κ1) is 27.2. The van der Waals surface area contributed by atoms with E-state index in [1.807, 2.05) is 31.2 Å². The molecule has 0 aromatic carbocycles. The second-order valence-electron chi connectivity index (χ2n) is 7.91. The highest BCUT2D eigenvalue weighted by Crippen LogP contribution is 2.21. The van der Waals surface area contributed by atoms with Crippen molar-refractivity contribution in [3.05, 3.63) is 72.3 Å². The zero-order chi connectivity index (χ0) is 23.8. The average Bonchev–Trinajstić information content (AvgIpc) is 2.85. The van der Waals surface area contributed by atoms with Crippen molar-refractivity contribution in [1.82, 2.24) is 0 Å². The summed E-state index contributed by atoms with van der Waals surface area (Å²) in [5.74, 6) is 1.35. The number of hydrogen-bond acceptors (Lipinski definition) is 4. The topological polar surface area (TPSA) is 68.1 Å². The normalized spacial score (nSPS) is 20.5. The van der Waals surface area contributed by atoms with Crippen molar-refractivity contribution in [2.45, 2.75) is 65.7 Å². The lowest BCUT2D eigenvalue weighted by molar-refractivity contribution is -0.138. The molecule has 1 atom stereocenters. The first-order chi connectivity index (χ1) is 15.3. The SMILES string of the molecule is C=C(C)OC(=NCCCOC1=C/CCC[C@@H](CC(=O)O)C/C=C\1)C(=C)/C=C\C(=C/C)CC. The number of allylic oxidation sites excluding steroid dienone is 7. The number of carbonyl (C=O) groups is 1. The van der Waals surface area contributed by atoms with E-state index in [0.717, 1.165) is 44.3 Å². The zero-order valence-corrected chi connectivity index (χ0v) is 19.9. The molecule has 0 saturated heterocycles. The smallest absolute Gasteiger partial charge is 0.303 e. The molecule has 0 unspecified atom stereocenters. The van der Waals surface area contributed by atoms with Crippen LogP contribution in [0.25, 0.3) is 0 Å². The summed E-state index contributed by atoms with van der Waals surface area (Å²) in [6, 6.07) is 0. The summed E-state index contributed by atoms with van der Waals surface area (Å²) in [5.41, 5.74) is 1.93. The third-order valence-electron chi connectivity index (χ3n) is 5.03. The highest BCUT2D eigenvalue weighted by molar-refractivity contribution is 5.96. The van der Waals surface area contributed by atoms with Gasteiger partial charge in [0.15, 0.2) is 0 Å². The van der Waals surface area contributed by atoms with Crippen LogP contribution in [0.1, 0.15) is 65.7 Å². The molecule has 0 radical (unpaired) electrons. The van der Waals surface area contributed by atoms with Gasteiger partial charge in [-0.15, -0.1) is 0 Å². The Balaban J connectivity index is 2.57. The van der Waals surface area contributed by atoms with E-state index < -0.39 is 5.97 Å². The van der Waals surface area contributed by atoms with Crippen molar-refractivity contribution in [3.8, 4) is 0 Å². The van der Waals surface area contributed by atoms with E-state index >= 15 is 0 Å². The highest BCUT2D eigenvalue weighted by Gasteiger charge is 2.12. The Hall–Kier alpha value is -2.82. The average molecular weight is 442 g/mol. The largest absolute Gasteiger partial charge is 0.494 e. The zero-order valence-electron chi connectivity index (χ0n) is 19.9. The van der Waals surface area contributed by atoms with Crippen LogP contribution in [-0.4, -0.2) is 30.1 Å². The lowest BCUT2D eigenvalue weighted by atomic mass is 9.95. The van der Waals surface area contributed by atoms with Gasteiger partial charge < -0.3 is 14.6 Å². The summed E-state index contributed by atoms with van der Waals surface area (Å²) in [4.78, 5) is 15.5. The second kappa shape index (κ2) is 15.9. The van der Waals surface area contributed by atoms with Crippen molar-refractivity contribution in [3.63, 3.8) is 0 Å². The molecule has 1 rings (SSSR count). The molecule has 0 heterocycles. The number of aliphatic imine (C=N–C) groups is 1. The van der Waals surface area contributed by atoms with Crippen LogP contribution in [0.3, 0.4) is 0 Å². The maximum absolute atomic E-state index is 11.0. The van der Waals surface area contributed by atoms with Gasteiger partial charge in [-0.25, -0.2) is 0 Å². The van der Waals surface area contributed by atoms with Crippen LogP contribution < -0.4 is 0 Å². The quantitative estimate of drug-likeness (QED) is 0.117. The van der Waals surface area contributed by atoms with Crippen molar-refractivity contribution in [1.29, 1.82) is 0 Å². The van der Waals surface area contributed by atoms with Gasteiger partial charge >= 0.3 is 5.97 Å². The minimum absolute atomic E-state index is 0.195. The predicted molar refractivity (Wildman–Crippen MR) is 133 cm³/mol. The third kappa shape index (κ3) is 12.1. The fourth-order valence-electron chi connectivity index (χ4n) is 3.25. The van der Waals surface area contributed by atoms with E-state index in [2.05, 4.69) is 37.2 Å². The number of rotatable bonds is 12. The number of hydrogen-bond donors (Lipinski definition) is 1. The van der Waals surface area contributed by atoms with Gasteiger partial charge in [-0.1, -0.05) is 43.9 Å². The maximum atomic E-state index is 11.0. The second-order valence-corrected chi connectivity index (χ2v) is 7.91. The Morgan fingerprint density at radius 3 is 2.78 bits per heavy atom. The number of aliphatic carboxylic acids is 1. The number of nitrogens with zero attached hydrogens (tertiary/aromatic N) is 1. The predicted octanol–water partition coefficient (Wildman–Crippen LogP) is 6.92. The summed E-state index contributed by atoms with van der Waals surface area (Å²) in [6.45, 7) is 14.9. The van der Waals surface area contributed by atoms with Gasteiger partial charge in [0, 0.05) is 25.0 Å². The van der Waals surface area contributed by atoms with Crippen molar-refractivity contribution in [2.75, 3.05) is 13.2 Å². The first-order valence-electron chi connectivity index (χ1n) is 11.5. The highest BCUT2D eigenvalue weighted by atomic mass is 16.5. The molecule has 0 amide bonds. The van der Waals surface area contributed by atoms with Gasteiger partial charge in [-0.05, 0) is 70.1 Å². The molecular formula is C27H39NO4. The summed E-state index contributed by atoms with van der Waals surface area (Å²) >= 11 is 0. The molecule has 1 aliphatic rings. The molecule has 0 bridgehead atoms. The minimum atomic E-state index is -0.728. The Labute approximate surface area is 193 Å². The van der Waals surface area contributed by atoms with Crippen LogP contribution in [0.15, 0.2) is 77.3 Å². The van der Waals surface area contributed by atoms with E-state index in [1.165, 1.54) is 5.57 Å². The molecule has 1 N–H and O–H groups in total. The van der Waals surface area contributed by atoms with Gasteiger partial charge in [0.25, 0.3) is 0 Å². The summed E-state index contributed by atoms with van der Waals surface area (Å²) in [5, 5.41) is 9.02. The molecule has 0 saturated carbocycles. The van der Waals surface area contributed by atoms with Crippen LogP contribution in [0.2, 0.25) is 0 Å². The minimum Gasteiger partial charge on any atom is -0.494 e. The lowest BCUT2D eigenvalue weighted by Crippen LogP contribution is -2.07. The third-order valence-corrected chi connectivity index (χ3v) is 5.03. The number of ether oxygens (including phenoxy) is 2. The van der Waals surface area contributed by atoms with E-state index in [-0.39, 0.29) is 12.3 Å². The Bertz CT molecular complexity index is 783. The molecule has 0 spiro atoms. The van der Waals surface area contributed by atoms with Gasteiger partial charge in [-0.2, -0.15) is 0 Å². The Morgan fingerprint density at radius 1 is 1.34 bits per heavy atom. The number of carboxylic acids is 1. The molecular weight excluding hydrogens is 402 g/mol. The van der Waals surface area contributed by atoms with Crippen LogP contribution in [0, 0.1) is 5.92 Å². The molecule has 5 heteroatoms. The molecule has 0 aromatic rings. The van der Waals surface area contributed by atoms with E-state index in [9.17, 15) is 4.79 Å². The summed E-state index contributed by atoms with van der Waals surface area (Å²) in [7, 11) is 0. The van der Waals surface area contributed by atoms with Crippen LogP contribution in [-0.2, 0) is 14.3 Å². The molecule has 176 valence electrons. The number of carboxylic acid groups (broad SMARTS) is 1. The Kier molecular flexibility index (Phi) is 13.5. The lowest BCUT2D eigenvalue weighted by Gasteiger charge is -2.10. The molecule has 5 nitrogen and oxygen atoms in total. The fraction of sp³-hybridized carbons (Fsp3) is 0.481. The standard InChI is InChI=1S/C27H39NO4/c1-6-23(7-2)17-16-22(5)27(32-21(3)4)28-18-11-19-31-25-14-9-8-12-24(13-10-15-25)20-26(29)30/h6,10,14-17,24H,3,5,7-9,11-13,18-20H2,1-2,4H3,(H,29,30)/b15-10-,17-16-,23-6-,25-14+,28-27?/t24-/m1/s1.